The van der Waals surface area contributed by atoms with Crippen LogP contribution in [0.4, 0.5) is 0 Å². The Morgan fingerprint density at radius 1 is 0.650 bits per heavy atom. The van der Waals surface area contributed by atoms with Crippen molar-refractivity contribution in [2.75, 3.05) is 6.61 Å². The second-order valence-electron chi connectivity index (χ2n) is 9.03. The van der Waals surface area contributed by atoms with Crippen molar-refractivity contribution in [1.82, 2.24) is 15.3 Å². The lowest BCUT2D eigenvalue weighted by atomic mass is 9.96. The molecule has 0 saturated carbocycles. The first kappa shape index (κ1) is 26.1. The van der Waals surface area contributed by atoms with Crippen molar-refractivity contribution in [2.24, 2.45) is 0 Å². The molecule has 6 nitrogen and oxygen atoms in total. The summed E-state index contributed by atoms with van der Waals surface area (Å²) in [6.07, 6.45) is 0. The van der Waals surface area contributed by atoms with Crippen molar-refractivity contribution in [3.05, 3.63) is 112 Å². The molecule has 196 valence electrons. The van der Waals surface area contributed by atoms with Gasteiger partial charge < -0.3 is 4.74 Å². The maximum absolute atomic E-state index is 13.2. The van der Waals surface area contributed by atoms with E-state index in [0.29, 0.717) is 22.3 Å². The van der Waals surface area contributed by atoms with Crippen LogP contribution in [0.3, 0.4) is 0 Å². The second kappa shape index (κ2) is 11.2. The molecule has 2 aromatic heterocycles. The van der Waals surface area contributed by atoms with E-state index < -0.39 is 5.97 Å². The van der Waals surface area contributed by atoms with Crippen LogP contribution in [-0.2, 0) is 4.74 Å². The first-order chi connectivity index (χ1) is 19.5. The van der Waals surface area contributed by atoms with Gasteiger partial charge in [0.05, 0.1) is 6.61 Å². The quantitative estimate of drug-likeness (QED) is 0.167. The van der Waals surface area contributed by atoms with Gasteiger partial charge in [0.1, 0.15) is 11.2 Å². The second-order valence-corrected chi connectivity index (χ2v) is 10.9. The molecule has 40 heavy (non-hydrogen) atoms. The van der Waals surface area contributed by atoms with Crippen molar-refractivity contribution in [3.8, 4) is 44.6 Å². The van der Waals surface area contributed by atoms with E-state index >= 15 is 0 Å². The Hall–Kier alpha value is -4.14. The zero-order valence-corrected chi connectivity index (χ0v) is 24.4. The van der Waals surface area contributed by atoms with Crippen molar-refractivity contribution in [1.29, 1.82) is 0 Å². The minimum absolute atomic E-state index is 0.161. The minimum atomic E-state index is -0.535. The number of carbonyl (C=O) groups excluding carboxylic acids is 1. The summed E-state index contributed by atoms with van der Waals surface area (Å²) in [6, 6.07) is 32.0. The van der Waals surface area contributed by atoms with Gasteiger partial charge in [-0.3, -0.25) is 0 Å². The molecule has 0 unspecified atom stereocenters. The Morgan fingerprint density at radius 2 is 1.07 bits per heavy atom. The van der Waals surface area contributed by atoms with E-state index in [4.69, 9.17) is 14.3 Å². The number of pyridine rings is 1. The normalized spacial score (nSPS) is 11.1. The first-order valence-corrected chi connectivity index (χ1v) is 14.2. The number of benzene rings is 4. The molecule has 2 heterocycles. The van der Waals surface area contributed by atoms with Gasteiger partial charge in [-0.2, -0.15) is 0 Å². The SMILES string of the molecule is CCOC(=O)c1nc(-c2ccc(-c3ccc(Br)cc3)cc2)c2nonc2c1-c1ccc(-c2ccc(Br)cc2)cc1. The number of nitrogens with zero attached hydrogens (tertiary/aromatic N) is 3. The number of carbonyl (C=O) groups is 1. The molecule has 0 saturated heterocycles. The molecule has 0 aliphatic carbocycles. The van der Waals surface area contributed by atoms with Crippen LogP contribution in [0.1, 0.15) is 17.4 Å². The number of rotatable bonds is 6. The van der Waals surface area contributed by atoms with Crippen LogP contribution in [0.25, 0.3) is 55.7 Å². The predicted molar refractivity (Wildman–Crippen MR) is 163 cm³/mol. The molecule has 0 radical (unpaired) electrons. The van der Waals surface area contributed by atoms with E-state index in [2.05, 4.69) is 42.2 Å². The molecular weight excluding hydrogens is 634 g/mol. The number of esters is 1. The Bertz CT molecular complexity index is 1810. The van der Waals surface area contributed by atoms with E-state index in [1.165, 1.54) is 0 Å². The molecule has 0 amide bonds. The fourth-order valence-corrected chi connectivity index (χ4v) is 5.13. The highest BCUT2D eigenvalue weighted by Gasteiger charge is 2.26. The third-order valence-electron chi connectivity index (χ3n) is 6.57. The van der Waals surface area contributed by atoms with Crippen molar-refractivity contribution in [2.45, 2.75) is 6.92 Å². The molecule has 0 bridgehead atoms. The van der Waals surface area contributed by atoms with Gasteiger partial charge in [0.25, 0.3) is 0 Å². The number of hydrogen-bond donors (Lipinski definition) is 0. The molecule has 8 heteroatoms. The fourth-order valence-electron chi connectivity index (χ4n) is 4.60. The number of aromatic nitrogens is 3. The number of fused-ring (bicyclic) bond motifs is 1. The van der Waals surface area contributed by atoms with Gasteiger partial charge in [0, 0.05) is 20.1 Å². The van der Waals surface area contributed by atoms with Crippen LogP contribution >= 0.6 is 31.9 Å². The average Bonchev–Trinajstić information content (AvgIpc) is 3.48. The number of ether oxygens (including phenoxy) is 1. The third kappa shape index (κ3) is 5.08. The summed E-state index contributed by atoms with van der Waals surface area (Å²) in [6.45, 7) is 1.98. The zero-order valence-electron chi connectivity index (χ0n) is 21.3. The molecule has 4 aromatic carbocycles. The Kier molecular flexibility index (Phi) is 7.28. The molecule has 6 rings (SSSR count). The lowest BCUT2D eigenvalue weighted by Crippen LogP contribution is -2.10. The Balaban J connectivity index is 1.45. The standard InChI is InChI=1S/C32H21Br2N3O3/c1-2-39-32(38)30-27(23-7-3-19(4-8-23)21-11-15-25(33)16-12-21)29-31(37-40-36-29)28(35-30)24-9-5-20(6-10-24)22-13-17-26(34)18-14-22/h3-18H,2H2,1H3. The topological polar surface area (TPSA) is 78.1 Å². The molecule has 6 aromatic rings. The average molecular weight is 655 g/mol. The lowest BCUT2D eigenvalue weighted by Gasteiger charge is -2.12. The highest BCUT2D eigenvalue weighted by Crippen LogP contribution is 2.37. The van der Waals surface area contributed by atoms with E-state index in [-0.39, 0.29) is 12.3 Å². The summed E-state index contributed by atoms with van der Waals surface area (Å²) in [4.78, 5) is 18.0. The summed E-state index contributed by atoms with van der Waals surface area (Å²) >= 11 is 6.96. The summed E-state index contributed by atoms with van der Waals surface area (Å²) in [5.74, 6) is -0.535. The Morgan fingerprint density at radius 3 is 1.57 bits per heavy atom. The van der Waals surface area contributed by atoms with Gasteiger partial charge >= 0.3 is 5.97 Å². The highest BCUT2D eigenvalue weighted by molar-refractivity contribution is 9.10. The van der Waals surface area contributed by atoms with E-state index in [1.807, 2.05) is 97.1 Å². The fraction of sp³-hybridized carbons (Fsp3) is 0.0625. The van der Waals surface area contributed by atoms with Crippen molar-refractivity contribution in [3.63, 3.8) is 0 Å². The van der Waals surface area contributed by atoms with Crippen LogP contribution in [0.5, 0.6) is 0 Å². The predicted octanol–water partition coefficient (Wildman–Crippen LogP) is 8.99. The largest absolute Gasteiger partial charge is 0.461 e. The number of hydrogen-bond acceptors (Lipinski definition) is 6. The van der Waals surface area contributed by atoms with Crippen LogP contribution in [0, 0.1) is 0 Å². The summed E-state index contributed by atoms with van der Waals surface area (Å²) in [5.41, 5.74) is 7.89. The summed E-state index contributed by atoms with van der Waals surface area (Å²) in [5, 5.41) is 8.39. The van der Waals surface area contributed by atoms with E-state index in [1.54, 1.807) is 6.92 Å². The van der Waals surface area contributed by atoms with Gasteiger partial charge in [0.2, 0.25) is 0 Å². The maximum atomic E-state index is 13.2. The van der Waals surface area contributed by atoms with Gasteiger partial charge in [-0.1, -0.05) is 105 Å². The van der Waals surface area contributed by atoms with E-state index in [0.717, 1.165) is 42.3 Å². The van der Waals surface area contributed by atoms with Crippen LogP contribution < -0.4 is 0 Å². The van der Waals surface area contributed by atoms with E-state index in [9.17, 15) is 4.79 Å². The van der Waals surface area contributed by atoms with Gasteiger partial charge in [0.15, 0.2) is 11.2 Å². The van der Waals surface area contributed by atoms with Gasteiger partial charge in [-0.15, -0.1) is 0 Å². The van der Waals surface area contributed by atoms with Gasteiger partial charge in [-0.25, -0.2) is 14.4 Å². The van der Waals surface area contributed by atoms with Gasteiger partial charge in [-0.05, 0) is 69.3 Å². The highest BCUT2D eigenvalue weighted by atomic mass is 79.9. The molecule has 0 atom stereocenters. The first-order valence-electron chi connectivity index (χ1n) is 12.6. The summed E-state index contributed by atoms with van der Waals surface area (Å²) < 4.78 is 12.6. The lowest BCUT2D eigenvalue weighted by molar-refractivity contribution is 0.0521. The monoisotopic (exact) mass is 653 g/mol. The molecule has 0 fully saturated rings. The van der Waals surface area contributed by atoms with Crippen molar-refractivity contribution >= 4 is 48.9 Å². The molecule has 0 aliphatic heterocycles. The Labute approximate surface area is 247 Å². The van der Waals surface area contributed by atoms with Crippen LogP contribution in [0.15, 0.2) is 111 Å². The molecular formula is C32H21Br2N3O3. The zero-order chi connectivity index (χ0) is 27.6. The van der Waals surface area contributed by atoms with Crippen molar-refractivity contribution < 1.29 is 14.2 Å². The smallest absolute Gasteiger partial charge is 0.357 e. The van der Waals surface area contributed by atoms with Crippen LogP contribution in [-0.4, -0.2) is 27.9 Å². The molecule has 0 N–H and O–H groups in total. The van der Waals surface area contributed by atoms with Crippen LogP contribution in [0.2, 0.25) is 0 Å². The molecule has 0 spiro atoms. The summed E-state index contributed by atoms with van der Waals surface area (Å²) in [7, 11) is 0. The number of halogens is 2. The third-order valence-corrected chi connectivity index (χ3v) is 7.62. The maximum Gasteiger partial charge on any atom is 0.357 e. The molecule has 0 aliphatic rings. The minimum Gasteiger partial charge on any atom is -0.461 e.